The van der Waals surface area contributed by atoms with Crippen LogP contribution in [0.25, 0.3) is 0 Å². The Morgan fingerprint density at radius 1 is 1.12 bits per heavy atom. The first-order valence-electron chi connectivity index (χ1n) is 8.10. The van der Waals surface area contributed by atoms with Gasteiger partial charge in [-0.1, -0.05) is 23.7 Å². The van der Waals surface area contributed by atoms with Gasteiger partial charge in [0.2, 0.25) is 11.8 Å². The zero-order valence-corrected chi connectivity index (χ0v) is 15.7. The van der Waals surface area contributed by atoms with Crippen LogP contribution in [0.1, 0.15) is 6.92 Å². The average molecular weight is 376 g/mol. The van der Waals surface area contributed by atoms with Gasteiger partial charge in [0.05, 0.1) is 25.4 Å². The Hall–Kier alpha value is -2.57. The number of amides is 2. The number of rotatable bonds is 7. The molecule has 2 aromatic rings. The number of likely N-dealkylation sites (N-methyl/N-ethyl adjacent to an activating group) is 1. The van der Waals surface area contributed by atoms with Crippen molar-refractivity contribution in [1.82, 2.24) is 4.90 Å². The van der Waals surface area contributed by atoms with Crippen LogP contribution in [0.5, 0.6) is 5.75 Å². The number of halogens is 1. The molecular formula is C19H22ClN3O3. The molecule has 0 fully saturated rings. The average Bonchev–Trinajstić information content (AvgIpc) is 2.63. The molecule has 0 saturated heterocycles. The lowest BCUT2D eigenvalue weighted by Gasteiger charge is -2.23. The second-order valence-electron chi connectivity index (χ2n) is 5.84. The number of hydrogen-bond donors (Lipinski definition) is 2. The maximum atomic E-state index is 12.4. The van der Waals surface area contributed by atoms with E-state index in [0.29, 0.717) is 22.1 Å². The zero-order chi connectivity index (χ0) is 19.1. The highest BCUT2D eigenvalue weighted by Crippen LogP contribution is 2.23. The van der Waals surface area contributed by atoms with Crippen molar-refractivity contribution in [3.63, 3.8) is 0 Å². The Bertz CT molecular complexity index is 765. The smallest absolute Gasteiger partial charge is 0.241 e. The van der Waals surface area contributed by atoms with Crippen molar-refractivity contribution >= 4 is 34.8 Å². The van der Waals surface area contributed by atoms with E-state index in [4.69, 9.17) is 16.3 Å². The van der Waals surface area contributed by atoms with Crippen LogP contribution in [0.3, 0.4) is 0 Å². The lowest BCUT2D eigenvalue weighted by Crippen LogP contribution is -2.43. The van der Waals surface area contributed by atoms with Crippen LogP contribution in [0.4, 0.5) is 11.4 Å². The van der Waals surface area contributed by atoms with Gasteiger partial charge >= 0.3 is 0 Å². The second kappa shape index (κ2) is 9.22. The number of para-hydroxylation sites is 2. The Morgan fingerprint density at radius 2 is 1.77 bits per heavy atom. The molecule has 6 nitrogen and oxygen atoms in total. The summed E-state index contributed by atoms with van der Waals surface area (Å²) in [6.07, 6.45) is 0. The van der Waals surface area contributed by atoms with E-state index in [1.54, 1.807) is 62.4 Å². The van der Waals surface area contributed by atoms with Gasteiger partial charge in [-0.2, -0.15) is 0 Å². The van der Waals surface area contributed by atoms with Gasteiger partial charge in [0.1, 0.15) is 5.75 Å². The standard InChI is InChI=1S/C19H22ClN3O3/c1-13(19(25)22-16-6-4-5-7-17(16)26-3)23(2)12-18(24)21-15-10-8-14(20)9-11-15/h4-11,13H,12H2,1-3H3,(H,21,24)(H,22,25)/t13-/m1/s1. The number of ether oxygens (including phenoxy) is 1. The van der Waals surface area contributed by atoms with E-state index in [0.717, 1.165) is 0 Å². The van der Waals surface area contributed by atoms with E-state index in [1.165, 1.54) is 0 Å². The van der Waals surface area contributed by atoms with Crippen LogP contribution < -0.4 is 15.4 Å². The number of nitrogens with one attached hydrogen (secondary N) is 2. The molecule has 0 aliphatic rings. The van der Waals surface area contributed by atoms with Gasteiger partial charge in [-0.25, -0.2) is 0 Å². The highest BCUT2D eigenvalue weighted by molar-refractivity contribution is 6.30. The molecule has 0 saturated carbocycles. The highest BCUT2D eigenvalue weighted by atomic mass is 35.5. The molecule has 0 radical (unpaired) electrons. The number of carbonyl (C=O) groups excluding carboxylic acids is 2. The quantitative estimate of drug-likeness (QED) is 0.779. The number of benzene rings is 2. The zero-order valence-electron chi connectivity index (χ0n) is 15.0. The normalized spacial score (nSPS) is 11.7. The molecule has 7 heteroatoms. The summed E-state index contributed by atoms with van der Waals surface area (Å²) in [5, 5.41) is 6.19. The summed E-state index contributed by atoms with van der Waals surface area (Å²) in [6.45, 7) is 1.81. The third-order valence-electron chi connectivity index (χ3n) is 3.93. The number of hydrogen-bond acceptors (Lipinski definition) is 4. The minimum Gasteiger partial charge on any atom is -0.495 e. The first-order valence-corrected chi connectivity index (χ1v) is 8.48. The predicted molar refractivity (Wildman–Crippen MR) is 104 cm³/mol. The summed E-state index contributed by atoms with van der Waals surface area (Å²) in [7, 11) is 3.26. The van der Waals surface area contributed by atoms with Gasteiger partial charge in [-0.05, 0) is 50.4 Å². The van der Waals surface area contributed by atoms with Crippen molar-refractivity contribution in [3.05, 3.63) is 53.6 Å². The molecule has 2 N–H and O–H groups in total. The van der Waals surface area contributed by atoms with Gasteiger partial charge in [0, 0.05) is 10.7 Å². The summed E-state index contributed by atoms with van der Waals surface area (Å²) < 4.78 is 5.22. The molecule has 0 bridgehead atoms. The highest BCUT2D eigenvalue weighted by Gasteiger charge is 2.21. The fourth-order valence-electron chi connectivity index (χ4n) is 2.28. The summed E-state index contributed by atoms with van der Waals surface area (Å²) in [5.41, 5.74) is 1.24. The van der Waals surface area contributed by atoms with Gasteiger partial charge in [0.15, 0.2) is 0 Å². The maximum Gasteiger partial charge on any atom is 0.241 e. The fourth-order valence-corrected chi connectivity index (χ4v) is 2.41. The Kier molecular flexibility index (Phi) is 7.00. The molecule has 138 valence electrons. The van der Waals surface area contributed by atoms with E-state index in [-0.39, 0.29) is 18.4 Å². The summed E-state index contributed by atoms with van der Waals surface area (Å²) >= 11 is 5.82. The number of methoxy groups -OCH3 is 1. The Balaban J connectivity index is 1.91. The first kappa shape index (κ1) is 19.8. The van der Waals surface area contributed by atoms with Crippen molar-refractivity contribution < 1.29 is 14.3 Å². The summed E-state index contributed by atoms with van der Waals surface area (Å²) in [5.74, 6) is 0.138. The molecule has 0 aliphatic heterocycles. The third-order valence-corrected chi connectivity index (χ3v) is 4.18. The molecule has 0 aromatic heterocycles. The summed E-state index contributed by atoms with van der Waals surface area (Å²) in [4.78, 5) is 26.3. The van der Waals surface area contributed by atoms with Crippen molar-refractivity contribution in [2.24, 2.45) is 0 Å². The first-order chi connectivity index (χ1) is 12.4. The van der Waals surface area contributed by atoms with E-state index >= 15 is 0 Å². The van der Waals surface area contributed by atoms with Crippen LogP contribution in [0, 0.1) is 0 Å². The van der Waals surface area contributed by atoms with Crippen molar-refractivity contribution in [2.45, 2.75) is 13.0 Å². The largest absolute Gasteiger partial charge is 0.495 e. The second-order valence-corrected chi connectivity index (χ2v) is 6.27. The van der Waals surface area contributed by atoms with E-state index in [2.05, 4.69) is 10.6 Å². The number of nitrogens with zero attached hydrogens (tertiary/aromatic N) is 1. The van der Waals surface area contributed by atoms with Gasteiger partial charge < -0.3 is 15.4 Å². The van der Waals surface area contributed by atoms with Crippen molar-refractivity contribution in [1.29, 1.82) is 0 Å². The van der Waals surface area contributed by atoms with Crippen molar-refractivity contribution in [2.75, 3.05) is 31.3 Å². The van der Waals surface area contributed by atoms with Crippen LogP contribution in [-0.2, 0) is 9.59 Å². The van der Waals surface area contributed by atoms with Crippen LogP contribution >= 0.6 is 11.6 Å². The minimum absolute atomic E-state index is 0.0726. The van der Waals surface area contributed by atoms with E-state index in [9.17, 15) is 9.59 Å². The topological polar surface area (TPSA) is 70.7 Å². The Morgan fingerprint density at radius 3 is 2.42 bits per heavy atom. The predicted octanol–water partition coefficient (Wildman–Crippen LogP) is 3.25. The van der Waals surface area contributed by atoms with E-state index < -0.39 is 6.04 Å². The maximum absolute atomic E-state index is 12.4. The SMILES string of the molecule is COc1ccccc1NC(=O)[C@@H](C)N(C)CC(=O)Nc1ccc(Cl)cc1. The lowest BCUT2D eigenvalue weighted by atomic mass is 10.2. The number of carbonyl (C=O) groups is 2. The Labute approximate surface area is 158 Å². The van der Waals surface area contributed by atoms with Gasteiger partial charge in [-0.15, -0.1) is 0 Å². The molecule has 2 amide bonds. The fraction of sp³-hybridized carbons (Fsp3) is 0.263. The molecule has 0 spiro atoms. The summed E-state index contributed by atoms with van der Waals surface area (Å²) in [6, 6.07) is 13.5. The lowest BCUT2D eigenvalue weighted by molar-refractivity contribution is -0.122. The third kappa shape index (κ3) is 5.47. The van der Waals surface area contributed by atoms with Crippen LogP contribution in [0.15, 0.2) is 48.5 Å². The molecule has 1 atom stereocenters. The molecular weight excluding hydrogens is 354 g/mol. The molecule has 2 rings (SSSR count). The monoisotopic (exact) mass is 375 g/mol. The van der Waals surface area contributed by atoms with Crippen LogP contribution in [0.2, 0.25) is 5.02 Å². The number of anilines is 2. The molecule has 26 heavy (non-hydrogen) atoms. The minimum atomic E-state index is -0.504. The molecule has 0 heterocycles. The molecule has 0 aliphatic carbocycles. The van der Waals surface area contributed by atoms with E-state index in [1.807, 2.05) is 12.1 Å². The van der Waals surface area contributed by atoms with Crippen LogP contribution in [-0.4, -0.2) is 43.5 Å². The van der Waals surface area contributed by atoms with Gasteiger partial charge in [0.25, 0.3) is 0 Å². The van der Waals surface area contributed by atoms with Crippen molar-refractivity contribution in [3.8, 4) is 5.75 Å². The molecule has 0 unspecified atom stereocenters. The van der Waals surface area contributed by atoms with Gasteiger partial charge in [-0.3, -0.25) is 14.5 Å². The molecule has 2 aromatic carbocycles.